The Labute approximate surface area is 165 Å². The first-order chi connectivity index (χ1) is 13.5. The number of nitrogens with one attached hydrogen (secondary N) is 1. The van der Waals surface area contributed by atoms with Gasteiger partial charge in [0.25, 0.3) is 5.89 Å². The molecule has 5 nitrogen and oxygen atoms in total. The van der Waals surface area contributed by atoms with Crippen molar-refractivity contribution in [1.82, 2.24) is 15.2 Å². The average molecular weight is 385 g/mol. The zero-order chi connectivity index (χ0) is 19.7. The maximum atomic E-state index is 13.3. The summed E-state index contributed by atoms with van der Waals surface area (Å²) in [4.78, 5) is 19.1. The molecule has 4 rings (SSSR count). The van der Waals surface area contributed by atoms with E-state index >= 15 is 0 Å². The second-order valence-corrected chi connectivity index (χ2v) is 8.33. The molecular weight excluding hydrogens is 357 g/mol. The predicted molar refractivity (Wildman–Crippen MR) is 105 cm³/mol. The first-order valence-corrected chi connectivity index (χ1v) is 10.2. The summed E-state index contributed by atoms with van der Waals surface area (Å²) in [5.74, 6) is 1.11. The van der Waals surface area contributed by atoms with Crippen molar-refractivity contribution < 1.29 is 13.6 Å². The molecule has 2 atom stereocenters. The van der Waals surface area contributed by atoms with E-state index in [2.05, 4.69) is 53.3 Å². The summed E-state index contributed by atoms with van der Waals surface area (Å²) in [6.07, 6.45) is 1.51. The van der Waals surface area contributed by atoms with Crippen LogP contribution in [0.2, 0.25) is 0 Å². The van der Waals surface area contributed by atoms with E-state index < -0.39 is 6.17 Å². The predicted octanol–water partition coefficient (Wildman–Crippen LogP) is 3.98. The van der Waals surface area contributed by atoms with Gasteiger partial charge in [0.15, 0.2) is 0 Å². The van der Waals surface area contributed by atoms with Gasteiger partial charge in [0.1, 0.15) is 11.9 Å². The molecule has 0 saturated heterocycles. The zero-order valence-electron chi connectivity index (χ0n) is 16.6. The van der Waals surface area contributed by atoms with Crippen LogP contribution in [0.15, 0.2) is 28.7 Å². The van der Waals surface area contributed by atoms with Crippen LogP contribution in [0.3, 0.4) is 0 Å². The van der Waals surface area contributed by atoms with Crippen LogP contribution in [0.25, 0.3) is 0 Å². The van der Waals surface area contributed by atoms with Crippen molar-refractivity contribution in [2.45, 2.75) is 70.8 Å². The van der Waals surface area contributed by atoms with Gasteiger partial charge in [-0.25, -0.2) is 9.37 Å². The van der Waals surface area contributed by atoms with E-state index in [0.717, 1.165) is 31.0 Å². The number of amides is 1. The highest BCUT2D eigenvalue weighted by Gasteiger charge is 2.29. The first-order valence-electron chi connectivity index (χ1n) is 10.2. The first kappa shape index (κ1) is 19.1. The van der Waals surface area contributed by atoms with Crippen LogP contribution in [-0.2, 0) is 19.5 Å². The molecule has 0 unspecified atom stereocenters. The Morgan fingerprint density at radius 1 is 1.32 bits per heavy atom. The van der Waals surface area contributed by atoms with Crippen LogP contribution < -0.4 is 5.32 Å². The third-order valence-electron chi connectivity index (χ3n) is 5.76. The summed E-state index contributed by atoms with van der Waals surface area (Å²) in [7, 11) is 0. The molecule has 0 radical (unpaired) electrons. The van der Waals surface area contributed by atoms with Gasteiger partial charge in [-0.2, -0.15) is 0 Å². The number of fused-ring (bicyclic) bond motifs is 1. The van der Waals surface area contributed by atoms with E-state index in [9.17, 15) is 9.18 Å². The molecule has 1 aromatic heterocycles. The average Bonchev–Trinajstić information content (AvgIpc) is 3.27. The number of carbonyl (C=O) groups is 1. The molecule has 1 N–H and O–H groups in total. The lowest BCUT2D eigenvalue weighted by molar-refractivity contribution is 0.0899. The van der Waals surface area contributed by atoms with Crippen molar-refractivity contribution in [3.63, 3.8) is 0 Å². The third-order valence-corrected chi connectivity index (χ3v) is 5.76. The van der Waals surface area contributed by atoms with Gasteiger partial charge < -0.3 is 9.73 Å². The van der Waals surface area contributed by atoms with Gasteiger partial charge in [-0.15, -0.1) is 0 Å². The molecule has 1 amide bonds. The van der Waals surface area contributed by atoms with E-state index in [1.165, 1.54) is 11.1 Å². The Morgan fingerprint density at radius 2 is 2.11 bits per heavy atom. The van der Waals surface area contributed by atoms with E-state index in [1.807, 2.05) is 0 Å². The normalized spacial score (nSPS) is 22.4. The highest BCUT2D eigenvalue weighted by molar-refractivity contribution is 5.90. The minimum Gasteiger partial charge on any atom is -0.437 e. The number of halogens is 1. The molecule has 2 aliphatic rings. The summed E-state index contributed by atoms with van der Waals surface area (Å²) < 4.78 is 19.0. The number of rotatable bonds is 5. The molecule has 0 spiro atoms. The van der Waals surface area contributed by atoms with Crippen LogP contribution in [0, 0.1) is 0 Å². The summed E-state index contributed by atoms with van der Waals surface area (Å²) >= 11 is 0. The van der Waals surface area contributed by atoms with Crippen molar-refractivity contribution in [2.75, 3.05) is 6.54 Å². The molecule has 1 aliphatic heterocycles. The summed E-state index contributed by atoms with van der Waals surface area (Å²) in [6, 6.07) is 8.65. The van der Waals surface area contributed by atoms with Crippen molar-refractivity contribution in [2.24, 2.45) is 0 Å². The highest BCUT2D eigenvalue weighted by atomic mass is 19.1. The SMILES string of the molecule is CC(C)c1ccc(CN2CCc3oc(C(=O)N[C@@H]4CC[C@@H](F)C4)nc3C2)cc1. The number of oxazole rings is 1. The van der Waals surface area contributed by atoms with Crippen LogP contribution >= 0.6 is 0 Å². The lowest BCUT2D eigenvalue weighted by atomic mass is 10.0. The maximum Gasteiger partial charge on any atom is 0.307 e. The van der Waals surface area contributed by atoms with Gasteiger partial charge in [0, 0.05) is 32.1 Å². The number of hydrogen-bond donors (Lipinski definition) is 1. The molecule has 1 fully saturated rings. The maximum absolute atomic E-state index is 13.3. The van der Waals surface area contributed by atoms with E-state index in [1.54, 1.807) is 0 Å². The summed E-state index contributed by atoms with van der Waals surface area (Å²) in [5.41, 5.74) is 3.46. The standard InChI is InChI=1S/C22H28FN3O2/c1-14(2)16-5-3-15(4-6-16)12-26-10-9-20-19(13-26)25-22(28-20)21(27)24-18-8-7-17(23)11-18/h3-6,14,17-18H,7-13H2,1-2H3,(H,24,27)/t17-,18-/m1/s1. The molecule has 28 heavy (non-hydrogen) atoms. The van der Waals surface area contributed by atoms with Gasteiger partial charge in [-0.3, -0.25) is 9.69 Å². The van der Waals surface area contributed by atoms with Crippen molar-refractivity contribution in [3.8, 4) is 0 Å². The fourth-order valence-electron chi connectivity index (χ4n) is 4.06. The van der Waals surface area contributed by atoms with E-state index in [-0.39, 0.29) is 17.8 Å². The number of nitrogens with zero attached hydrogens (tertiary/aromatic N) is 2. The second-order valence-electron chi connectivity index (χ2n) is 8.33. The minimum absolute atomic E-state index is 0.107. The largest absolute Gasteiger partial charge is 0.437 e. The zero-order valence-corrected chi connectivity index (χ0v) is 16.6. The molecule has 6 heteroatoms. The fraction of sp³-hybridized carbons (Fsp3) is 0.545. The van der Waals surface area contributed by atoms with Crippen molar-refractivity contribution in [1.29, 1.82) is 0 Å². The van der Waals surface area contributed by atoms with E-state index in [0.29, 0.717) is 31.7 Å². The number of hydrogen-bond acceptors (Lipinski definition) is 4. The lowest BCUT2D eigenvalue weighted by Gasteiger charge is -2.25. The minimum atomic E-state index is -0.814. The molecular formula is C22H28FN3O2. The molecule has 1 aliphatic carbocycles. The van der Waals surface area contributed by atoms with Crippen LogP contribution in [0.5, 0.6) is 0 Å². The number of alkyl halides is 1. The van der Waals surface area contributed by atoms with Crippen LogP contribution in [0.1, 0.15) is 72.3 Å². The third kappa shape index (κ3) is 4.27. The molecule has 1 saturated carbocycles. The van der Waals surface area contributed by atoms with Crippen molar-refractivity contribution >= 4 is 5.91 Å². The Kier molecular flexibility index (Phi) is 5.49. The lowest BCUT2D eigenvalue weighted by Crippen LogP contribution is -2.33. The van der Waals surface area contributed by atoms with Crippen LogP contribution in [-0.4, -0.2) is 34.5 Å². The van der Waals surface area contributed by atoms with Gasteiger partial charge in [-0.1, -0.05) is 38.1 Å². The molecule has 2 aromatic rings. The monoisotopic (exact) mass is 385 g/mol. The van der Waals surface area contributed by atoms with Gasteiger partial charge in [0.05, 0.1) is 5.69 Å². The van der Waals surface area contributed by atoms with Crippen molar-refractivity contribution in [3.05, 3.63) is 52.7 Å². The quantitative estimate of drug-likeness (QED) is 0.846. The molecule has 1 aromatic carbocycles. The number of benzene rings is 1. The van der Waals surface area contributed by atoms with E-state index in [4.69, 9.17) is 4.42 Å². The fourth-order valence-corrected chi connectivity index (χ4v) is 4.06. The molecule has 2 heterocycles. The Balaban J connectivity index is 1.36. The van der Waals surface area contributed by atoms with Crippen LogP contribution in [0.4, 0.5) is 4.39 Å². The number of carbonyl (C=O) groups excluding carboxylic acids is 1. The smallest absolute Gasteiger partial charge is 0.307 e. The topological polar surface area (TPSA) is 58.4 Å². The Bertz CT molecular complexity index is 831. The van der Waals surface area contributed by atoms with Gasteiger partial charge in [0.2, 0.25) is 0 Å². The Hall–Kier alpha value is -2.21. The van der Waals surface area contributed by atoms with Gasteiger partial charge >= 0.3 is 5.91 Å². The highest BCUT2D eigenvalue weighted by Crippen LogP contribution is 2.24. The Morgan fingerprint density at radius 3 is 2.79 bits per heavy atom. The summed E-state index contributed by atoms with van der Waals surface area (Å²) in [5, 5.41) is 2.85. The second kappa shape index (κ2) is 8.03. The molecule has 0 bridgehead atoms. The summed E-state index contributed by atoms with van der Waals surface area (Å²) in [6.45, 7) is 6.80. The van der Waals surface area contributed by atoms with Gasteiger partial charge in [-0.05, 0) is 36.3 Å². The number of aromatic nitrogens is 1. The molecule has 150 valence electrons.